The zero-order valence-electron chi connectivity index (χ0n) is 2.15. The number of hydrogen-bond acceptors (Lipinski definition) is 1. The van der Waals surface area contributed by atoms with Crippen molar-refractivity contribution in [2.75, 3.05) is 0 Å². The fourth-order valence-corrected chi connectivity index (χ4v) is 0. The van der Waals surface area contributed by atoms with Gasteiger partial charge >= 0.3 is 0 Å². The van der Waals surface area contributed by atoms with Crippen LogP contribution in [0.3, 0.4) is 0 Å². The van der Waals surface area contributed by atoms with Gasteiger partial charge < -0.3 is 4.80 Å². The lowest BCUT2D eigenvalue weighted by Crippen LogP contribution is -1.65. The molecule has 0 saturated carbocycles. The molecule has 1 nitrogen and oxygen atoms in total. The van der Waals surface area contributed by atoms with Gasteiger partial charge in [0.1, 0.15) is 0 Å². The van der Waals surface area contributed by atoms with Crippen LogP contribution in [0.5, 0.6) is 0 Å². The quantitative estimate of drug-likeness (QED) is 0.430. The molecule has 1 N–H and O–H groups in total. The molecule has 2 heteroatoms. The van der Waals surface area contributed by atoms with E-state index in [1.807, 2.05) is 6.55 Å². The van der Waals surface area contributed by atoms with Crippen LogP contribution in [0.25, 0.3) is 0 Å². The van der Waals surface area contributed by atoms with E-state index in [9.17, 15) is 0 Å². The van der Waals surface area contributed by atoms with Gasteiger partial charge in [-0.05, 0) is 0 Å². The van der Waals surface area contributed by atoms with Crippen LogP contribution in [-0.2, 0) is 0 Å². The van der Waals surface area contributed by atoms with Crippen LogP contribution in [0, 0.1) is 0 Å². The Morgan fingerprint density at radius 3 is 1.40 bits per heavy atom. The summed E-state index contributed by atoms with van der Waals surface area (Å²) in [6.45, 7) is 1.82. The molecule has 0 aromatic carbocycles. The first-order valence-electron chi connectivity index (χ1n) is 1.02. The van der Waals surface area contributed by atoms with E-state index < -0.39 is 9.76 Å². The van der Waals surface area contributed by atoms with Gasteiger partial charge in [0.25, 0.3) is 0 Å². The second kappa shape index (κ2) is 30.4. The Kier molecular flexibility index (Phi) is 116. The molecule has 0 fully saturated rings. The number of hydrogen-bond donors (Lipinski definition) is 1. The molecule has 0 aliphatic carbocycles. The van der Waals surface area contributed by atoms with Crippen LogP contribution in [0.1, 0.15) is 14.9 Å². The summed E-state index contributed by atoms with van der Waals surface area (Å²) in [5, 5.41) is 0. The molecule has 0 radical (unpaired) electrons. The van der Waals surface area contributed by atoms with E-state index >= 15 is 0 Å². The van der Waals surface area contributed by atoms with Gasteiger partial charge in [-0.2, -0.15) is 0 Å². The van der Waals surface area contributed by atoms with Crippen molar-refractivity contribution in [1.29, 1.82) is 0 Å². The summed E-state index contributed by atoms with van der Waals surface area (Å²) < 4.78 is 0. The first-order chi connectivity index (χ1) is 1.41. The van der Waals surface area contributed by atoms with Crippen molar-refractivity contribution in [2.24, 2.45) is 0 Å². The van der Waals surface area contributed by atoms with E-state index in [0.29, 0.717) is 0 Å². The zero-order valence-corrected chi connectivity index (χ0v) is 3.57. The van der Waals surface area contributed by atoms with Crippen LogP contribution in [0.15, 0.2) is 0 Å². The molecule has 36 valence electrons. The largest absolute Gasteiger partial charge is 0.438 e. The SMILES string of the molecule is C.C.C[SiH2]O. The summed E-state index contributed by atoms with van der Waals surface area (Å²) in [6, 6.07) is 0. The Hall–Kier alpha value is 0.177. The molecule has 0 atom stereocenters. The Morgan fingerprint density at radius 2 is 1.40 bits per heavy atom. The van der Waals surface area contributed by atoms with Gasteiger partial charge in [-0.25, -0.2) is 0 Å². The minimum Gasteiger partial charge on any atom is -0.438 e. The summed E-state index contributed by atoms with van der Waals surface area (Å²) in [5.41, 5.74) is 0. The Bertz CT molecular complexity index is 6.85. The molecule has 0 amide bonds. The van der Waals surface area contributed by atoms with Crippen LogP contribution in [-0.4, -0.2) is 14.6 Å². The Morgan fingerprint density at radius 1 is 1.40 bits per heavy atom. The summed E-state index contributed by atoms with van der Waals surface area (Å²) >= 11 is 0. The third-order valence-corrected chi connectivity index (χ3v) is 0. The van der Waals surface area contributed by atoms with E-state index in [2.05, 4.69) is 0 Å². The first-order valence-corrected chi connectivity index (χ1v) is 3.07. The lowest BCUT2D eigenvalue weighted by atomic mass is 11.9. The highest BCUT2D eigenvalue weighted by Crippen LogP contribution is 1.24. The topological polar surface area (TPSA) is 20.2 Å². The summed E-state index contributed by atoms with van der Waals surface area (Å²) in [4.78, 5) is 7.71. The van der Waals surface area contributed by atoms with E-state index in [-0.39, 0.29) is 14.9 Å². The molecule has 0 aromatic rings. The second-order valence-corrected chi connectivity index (χ2v) is 0.949. The molecule has 0 spiro atoms. The highest BCUT2D eigenvalue weighted by Gasteiger charge is 1.39. The molecule has 0 unspecified atom stereocenters. The average Bonchev–Trinajstić information content (AvgIpc) is 0.918. The van der Waals surface area contributed by atoms with Crippen molar-refractivity contribution < 1.29 is 4.80 Å². The molecule has 0 rings (SSSR count). The van der Waals surface area contributed by atoms with Gasteiger partial charge in [0.15, 0.2) is 9.76 Å². The van der Waals surface area contributed by atoms with Crippen molar-refractivity contribution in [3.05, 3.63) is 0 Å². The molecule has 0 aliphatic rings. The monoisotopic (exact) mass is 94.1 g/mol. The third kappa shape index (κ3) is 633. The fraction of sp³-hybridized carbons (Fsp3) is 1.00. The molecule has 0 aromatic heterocycles. The third-order valence-electron chi connectivity index (χ3n) is 0. The van der Waals surface area contributed by atoms with Crippen LogP contribution < -0.4 is 0 Å². The summed E-state index contributed by atoms with van der Waals surface area (Å²) in [6.07, 6.45) is 0. The van der Waals surface area contributed by atoms with E-state index in [1.165, 1.54) is 0 Å². The lowest BCUT2D eigenvalue weighted by Gasteiger charge is -1.49. The van der Waals surface area contributed by atoms with Gasteiger partial charge in [-0.1, -0.05) is 21.4 Å². The molecule has 0 saturated heterocycles. The second-order valence-electron chi connectivity index (χ2n) is 0.316. The number of rotatable bonds is 0. The van der Waals surface area contributed by atoms with Crippen molar-refractivity contribution >= 4 is 9.76 Å². The smallest absolute Gasteiger partial charge is 0.153 e. The van der Waals surface area contributed by atoms with Gasteiger partial charge in [0.2, 0.25) is 0 Å². The van der Waals surface area contributed by atoms with E-state index in [4.69, 9.17) is 4.80 Å². The van der Waals surface area contributed by atoms with Crippen molar-refractivity contribution in [3.63, 3.8) is 0 Å². The molecule has 0 heterocycles. The van der Waals surface area contributed by atoms with Crippen molar-refractivity contribution in [1.82, 2.24) is 0 Å². The standard InChI is InChI=1S/CH6OSi.2CH4/c1-3-2;;/h2H,3H2,1H3;2*1H4. The molecule has 5 heavy (non-hydrogen) atoms. The van der Waals surface area contributed by atoms with Gasteiger partial charge in [-0.15, -0.1) is 0 Å². The molecule has 0 bridgehead atoms. The molecular weight excluding hydrogens is 80.1 g/mol. The van der Waals surface area contributed by atoms with Crippen molar-refractivity contribution in [3.8, 4) is 0 Å². The van der Waals surface area contributed by atoms with Crippen molar-refractivity contribution in [2.45, 2.75) is 21.4 Å². The minimum absolute atomic E-state index is 0. The predicted octanol–water partition coefficient (Wildman–Crippen LogP) is 0.383. The van der Waals surface area contributed by atoms with Gasteiger partial charge in [0, 0.05) is 0 Å². The highest BCUT2D eigenvalue weighted by molar-refractivity contribution is 6.22. The fourth-order valence-electron chi connectivity index (χ4n) is 0. The van der Waals surface area contributed by atoms with Crippen LogP contribution in [0.2, 0.25) is 6.55 Å². The minimum atomic E-state index is -0.583. The van der Waals surface area contributed by atoms with Crippen LogP contribution in [0.4, 0.5) is 0 Å². The normalized spacial score (nSPS) is 6.00. The maximum atomic E-state index is 7.71. The van der Waals surface area contributed by atoms with E-state index in [1.54, 1.807) is 0 Å². The highest BCUT2D eigenvalue weighted by atomic mass is 28.2. The first kappa shape index (κ1) is 19.1. The van der Waals surface area contributed by atoms with Gasteiger partial charge in [0.05, 0.1) is 0 Å². The van der Waals surface area contributed by atoms with Gasteiger partial charge in [-0.3, -0.25) is 0 Å². The average molecular weight is 94.2 g/mol. The maximum Gasteiger partial charge on any atom is 0.153 e. The summed E-state index contributed by atoms with van der Waals surface area (Å²) in [7, 11) is -0.583. The molecular formula is C3H14OSi. The van der Waals surface area contributed by atoms with Crippen LogP contribution >= 0.6 is 0 Å². The van der Waals surface area contributed by atoms with E-state index in [0.717, 1.165) is 0 Å². The lowest BCUT2D eigenvalue weighted by molar-refractivity contribution is 0.610. The zero-order chi connectivity index (χ0) is 2.71. The Labute approximate surface area is 37.0 Å². The Balaban J connectivity index is -0.0000000200. The predicted molar refractivity (Wildman–Crippen MR) is 30.1 cm³/mol. The molecule has 0 aliphatic heterocycles. The maximum absolute atomic E-state index is 7.71. The summed E-state index contributed by atoms with van der Waals surface area (Å²) in [5.74, 6) is 0.